The lowest BCUT2D eigenvalue weighted by Crippen LogP contribution is -2.14. The molecule has 0 aromatic heterocycles. The van der Waals surface area contributed by atoms with Crippen LogP contribution in [0.5, 0.6) is 5.75 Å². The number of hydrogen-bond acceptors (Lipinski definition) is 2. The molecule has 2 nitrogen and oxygen atoms in total. The zero-order valence-corrected chi connectivity index (χ0v) is 10.9. The van der Waals surface area contributed by atoms with Gasteiger partial charge in [-0.25, -0.2) is 0 Å². The summed E-state index contributed by atoms with van der Waals surface area (Å²) in [6, 6.07) is 5.74. The second kappa shape index (κ2) is 6.16. The summed E-state index contributed by atoms with van der Waals surface area (Å²) in [7, 11) is 1.61. The molecule has 0 unspecified atom stereocenters. The van der Waals surface area contributed by atoms with Crippen LogP contribution in [0.2, 0.25) is 5.02 Å². The number of rotatable bonds is 5. The maximum atomic E-state index is 5.99. The highest BCUT2D eigenvalue weighted by Crippen LogP contribution is 2.24. The molecule has 0 saturated heterocycles. The molecule has 0 amide bonds. The average Bonchev–Trinajstić information content (AvgIpc) is 2.17. The first-order valence-electron chi connectivity index (χ1n) is 4.50. The second-order valence-corrected chi connectivity index (χ2v) is 4.62. The van der Waals surface area contributed by atoms with E-state index >= 15 is 0 Å². The molecular formula is C11H13BrClNO. The van der Waals surface area contributed by atoms with Gasteiger partial charge >= 0.3 is 0 Å². The van der Waals surface area contributed by atoms with Gasteiger partial charge < -0.3 is 10.1 Å². The zero-order valence-electron chi connectivity index (χ0n) is 8.52. The van der Waals surface area contributed by atoms with E-state index in [-0.39, 0.29) is 0 Å². The molecule has 1 aromatic carbocycles. The summed E-state index contributed by atoms with van der Waals surface area (Å²) < 4.78 is 6.00. The van der Waals surface area contributed by atoms with Crippen LogP contribution in [0, 0.1) is 0 Å². The van der Waals surface area contributed by atoms with E-state index in [1.807, 2.05) is 18.2 Å². The van der Waals surface area contributed by atoms with Gasteiger partial charge in [-0.05, 0) is 17.7 Å². The predicted molar refractivity (Wildman–Crippen MR) is 67.8 cm³/mol. The molecule has 0 aliphatic rings. The van der Waals surface area contributed by atoms with Gasteiger partial charge in [0, 0.05) is 17.6 Å². The summed E-state index contributed by atoms with van der Waals surface area (Å²) in [6.07, 6.45) is 0. The summed E-state index contributed by atoms with van der Waals surface area (Å²) in [5.74, 6) is 0.699. The van der Waals surface area contributed by atoms with Gasteiger partial charge in [0.25, 0.3) is 0 Å². The second-order valence-electron chi connectivity index (χ2n) is 3.09. The van der Waals surface area contributed by atoms with Gasteiger partial charge in [-0.1, -0.05) is 40.2 Å². The lowest BCUT2D eigenvalue weighted by molar-refractivity contribution is 0.415. The molecule has 1 aromatic rings. The van der Waals surface area contributed by atoms with Gasteiger partial charge in [-0.2, -0.15) is 0 Å². The van der Waals surface area contributed by atoms with Crippen molar-refractivity contribution in [1.29, 1.82) is 0 Å². The molecule has 4 heteroatoms. The molecule has 15 heavy (non-hydrogen) atoms. The molecule has 1 rings (SSSR count). The van der Waals surface area contributed by atoms with Crippen LogP contribution in [-0.2, 0) is 6.54 Å². The molecule has 0 saturated carbocycles. The van der Waals surface area contributed by atoms with Crippen molar-refractivity contribution in [3.63, 3.8) is 0 Å². The Morgan fingerprint density at radius 2 is 2.33 bits per heavy atom. The molecule has 1 N–H and O–H groups in total. The largest absolute Gasteiger partial charge is 0.495 e. The summed E-state index contributed by atoms with van der Waals surface area (Å²) in [6.45, 7) is 5.24. The van der Waals surface area contributed by atoms with E-state index < -0.39 is 0 Å². The number of methoxy groups -OCH3 is 1. The first-order chi connectivity index (χ1) is 7.13. The summed E-state index contributed by atoms with van der Waals surface area (Å²) in [4.78, 5) is 0. The van der Waals surface area contributed by atoms with E-state index in [1.54, 1.807) is 7.11 Å². The molecule has 0 atom stereocenters. The maximum absolute atomic E-state index is 5.99. The molecule has 0 aliphatic carbocycles. The Kier molecular flexibility index (Phi) is 5.15. The van der Waals surface area contributed by atoms with Crippen molar-refractivity contribution in [3.8, 4) is 5.75 Å². The molecule has 0 fully saturated rings. The first-order valence-corrected chi connectivity index (χ1v) is 5.67. The number of halogens is 2. The zero-order chi connectivity index (χ0) is 11.3. The van der Waals surface area contributed by atoms with Gasteiger partial charge in [0.05, 0.1) is 12.1 Å². The highest BCUT2D eigenvalue weighted by Gasteiger charge is 2.01. The van der Waals surface area contributed by atoms with Crippen molar-refractivity contribution in [2.45, 2.75) is 6.54 Å². The monoisotopic (exact) mass is 289 g/mol. The predicted octanol–water partition coefficient (Wildman–Crippen LogP) is 3.35. The van der Waals surface area contributed by atoms with Gasteiger partial charge in [0.15, 0.2) is 0 Å². The quantitative estimate of drug-likeness (QED) is 0.898. The summed E-state index contributed by atoms with van der Waals surface area (Å²) in [5, 5.41) is 3.85. The van der Waals surface area contributed by atoms with Gasteiger partial charge in [0.1, 0.15) is 5.75 Å². The van der Waals surface area contributed by atoms with Crippen LogP contribution >= 0.6 is 27.5 Å². The smallest absolute Gasteiger partial charge is 0.137 e. The van der Waals surface area contributed by atoms with Gasteiger partial charge in [0.2, 0.25) is 0 Å². The third kappa shape index (κ3) is 4.24. The number of ether oxygens (including phenoxy) is 1. The Hall–Kier alpha value is -0.510. The van der Waals surface area contributed by atoms with Crippen molar-refractivity contribution in [2.24, 2.45) is 0 Å². The lowest BCUT2D eigenvalue weighted by atomic mass is 10.2. The molecule has 0 heterocycles. The minimum absolute atomic E-state index is 0.634. The van der Waals surface area contributed by atoms with Crippen molar-refractivity contribution in [2.75, 3.05) is 13.7 Å². The van der Waals surface area contributed by atoms with Crippen LogP contribution in [0.3, 0.4) is 0 Å². The summed E-state index contributed by atoms with van der Waals surface area (Å²) >= 11 is 9.27. The van der Waals surface area contributed by atoms with E-state index in [1.165, 1.54) is 0 Å². The molecule has 0 radical (unpaired) electrons. The molecule has 82 valence electrons. The molecule has 0 spiro atoms. The Labute approximate surface area is 103 Å². The Bertz CT molecular complexity index is 354. The third-order valence-electron chi connectivity index (χ3n) is 1.86. The van der Waals surface area contributed by atoms with Crippen LogP contribution < -0.4 is 10.1 Å². The van der Waals surface area contributed by atoms with E-state index in [9.17, 15) is 0 Å². The normalized spacial score (nSPS) is 10.1. The van der Waals surface area contributed by atoms with Gasteiger partial charge in [-0.15, -0.1) is 0 Å². The van der Waals surface area contributed by atoms with Crippen LogP contribution in [0.4, 0.5) is 0 Å². The fourth-order valence-corrected chi connectivity index (χ4v) is 1.64. The van der Waals surface area contributed by atoms with Crippen LogP contribution in [0.15, 0.2) is 29.3 Å². The average molecular weight is 291 g/mol. The summed E-state index contributed by atoms with van der Waals surface area (Å²) in [5.41, 5.74) is 1.12. The van der Waals surface area contributed by atoms with E-state index in [0.29, 0.717) is 10.8 Å². The Balaban J connectivity index is 2.55. The standard InChI is InChI=1S/C11H13BrClNO/c1-8(12)6-14-7-9-3-4-11(15-2)10(13)5-9/h3-5,14H,1,6-7H2,2H3. The van der Waals surface area contributed by atoms with E-state index in [4.69, 9.17) is 16.3 Å². The highest BCUT2D eigenvalue weighted by atomic mass is 79.9. The fraction of sp³-hybridized carbons (Fsp3) is 0.273. The minimum Gasteiger partial charge on any atom is -0.495 e. The highest BCUT2D eigenvalue weighted by molar-refractivity contribution is 9.11. The van der Waals surface area contributed by atoms with Crippen LogP contribution in [-0.4, -0.2) is 13.7 Å². The van der Waals surface area contributed by atoms with Crippen molar-refractivity contribution < 1.29 is 4.74 Å². The Morgan fingerprint density at radius 1 is 1.60 bits per heavy atom. The number of nitrogens with one attached hydrogen (secondary N) is 1. The van der Waals surface area contributed by atoms with Gasteiger partial charge in [-0.3, -0.25) is 0 Å². The number of hydrogen-bond donors (Lipinski definition) is 1. The lowest BCUT2D eigenvalue weighted by Gasteiger charge is -2.07. The minimum atomic E-state index is 0.634. The molecule has 0 aliphatic heterocycles. The SMILES string of the molecule is C=C(Br)CNCc1ccc(OC)c(Cl)c1. The fourth-order valence-electron chi connectivity index (χ4n) is 1.16. The number of benzene rings is 1. The van der Waals surface area contributed by atoms with Crippen molar-refractivity contribution in [1.82, 2.24) is 5.32 Å². The molecular weight excluding hydrogens is 277 g/mol. The van der Waals surface area contributed by atoms with Crippen LogP contribution in [0.1, 0.15) is 5.56 Å². The Morgan fingerprint density at radius 3 is 2.87 bits per heavy atom. The van der Waals surface area contributed by atoms with E-state index in [2.05, 4.69) is 27.8 Å². The third-order valence-corrected chi connectivity index (χ3v) is 2.44. The van der Waals surface area contributed by atoms with E-state index in [0.717, 1.165) is 23.1 Å². The topological polar surface area (TPSA) is 21.3 Å². The first kappa shape index (κ1) is 12.6. The maximum Gasteiger partial charge on any atom is 0.137 e. The van der Waals surface area contributed by atoms with Crippen molar-refractivity contribution >= 4 is 27.5 Å². The van der Waals surface area contributed by atoms with Crippen molar-refractivity contribution in [3.05, 3.63) is 39.8 Å². The van der Waals surface area contributed by atoms with Crippen LogP contribution in [0.25, 0.3) is 0 Å². The molecule has 0 bridgehead atoms.